The molecule has 0 amide bonds. The average Bonchev–Trinajstić information content (AvgIpc) is 3.00. The standard InChI is InChI=1S/C35H25F9N2O/c1-2-3-4-5-20-18-45-33(46-19-20)22-8-6-21(7-9-22)23-10-12-26(28(36)14-23)24-15-30(38)32(31(39)16-24)35(43,44)47-25-11-13-27(29(37)17-25)34(40,41)42/h6-19H,2-5H2,1H3. The Morgan fingerprint density at radius 1 is 0.617 bits per heavy atom. The van der Waals surface area contributed by atoms with E-state index in [-0.39, 0.29) is 17.7 Å². The van der Waals surface area contributed by atoms with E-state index >= 15 is 4.39 Å². The molecule has 1 heterocycles. The summed E-state index contributed by atoms with van der Waals surface area (Å²) in [6, 6.07) is 12.3. The molecular weight excluding hydrogens is 635 g/mol. The summed E-state index contributed by atoms with van der Waals surface area (Å²) < 4.78 is 131. The molecular formula is C35H25F9N2O. The number of halogens is 9. The van der Waals surface area contributed by atoms with Gasteiger partial charge in [0, 0.05) is 29.6 Å². The normalized spacial score (nSPS) is 12.0. The number of ether oxygens (including phenoxy) is 1. The van der Waals surface area contributed by atoms with Crippen molar-refractivity contribution < 1.29 is 44.3 Å². The first-order chi connectivity index (χ1) is 22.3. The number of hydrogen-bond acceptors (Lipinski definition) is 3. The van der Waals surface area contributed by atoms with Crippen molar-refractivity contribution in [2.75, 3.05) is 0 Å². The lowest BCUT2D eigenvalue weighted by Crippen LogP contribution is -2.25. The van der Waals surface area contributed by atoms with Crippen molar-refractivity contribution in [3.63, 3.8) is 0 Å². The molecule has 0 saturated carbocycles. The topological polar surface area (TPSA) is 35.0 Å². The van der Waals surface area contributed by atoms with Gasteiger partial charge in [0.05, 0.1) is 5.56 Å². The maximum absolute atomic E-state index is 15.2. The van der Waals surface area contributed by atoms with Crippen LogP contribution in [0, 0.1) is 23.3 Å². The van der Waals surface area contributed by atoms with Crippen molar-refractivity contribution in [1.82, 2.24) is 9.97 Å². The molecule has 1 aromatic heterocycles. The average molecular weight is 661 g/mol. The van der Waals surface area contributed by atoms with E-state index < -0.39 is 58.0 Å². The quantitative estimate of drug-likeness (QED) is 0.110. The van der Waals surface area contributed by atoms with Gasteiger partial charge in [-0.05, 0) is 65.4 Å². The van der Waals surface area contributed by atoms with Crippen LogP contribution in [0.5, 0.6) is 5.75 Å². The summed E-state index contributed by atoms with van der Waals surface area (Å²) in [5, 5.41) is 0. The SMILES string of the molecule is CCCCCc1cnc(-c2ccc(-c3ccc(-c4cc(F)c(C(F)(F)Oc5ccc(C(F)(F)F)c(F)c5)c(F)c4)c(F)c3)cc2)nc1. The second-order valence-corrected chi connectivity index (χ2v) is 10.7. The Balaban J connectivity index is 1.33. The zero-order valence-corrected chi connectivity index (χ0v) is 24.6. The second-order valence-electron chi connectivity index (χ2n) is 10.7. The van der Waals surface area contributed by atoms with E-state index in [0.29, 0.717) is 35.2 Å². The van der Waals surface area contributed by atoms with Crippen LogP contribution >= 0.6 is 0 Å². The third kappa shape index (κ3) is 7.58. The van der Waals surface area contributed by atoms with Crippen LogP contribution in [-0.2, 0) is 18.7 Å². The minimum atomic E-state index is -5.10. The van der Waals surface area contributed by atoms with E-state index in [9.17, 15) is 35.1 Å². The molecule has 0 atom stereocenters. The maximum atomic E-state index is 15.2. The van der Waals surface area contributed by atoms with Crippen LogP contribution in [0.25, 0.3) is 33.6 Å². The van der Waals surface area contributed by atoms with Crippen LogP contribution in [0.2, 0.25) is 0 Å². The molecule has 0 saturated heterocycles. The molecule has 0 radical (unpaired) electrons. The molecule has 0 aliphatic heterocycles. The maximum Gasteiger partial charge on any atom is 0.432 e. The number of aromatic nitrogens is 2. The van der Waals surface area contributed by atoms with Gasteiger partial charge in [0.2, 0.25) is 0 Å². The highest BCUT2D eigenvalue weighted by Gasteiger charge is 2.42. The van der Waals surface area contributed by atoms with Crippen LogP contribution in [0.15, 0.2) is 85.2 Å². The Kier molecular flexibility index (Phi) is 9.60. The molecule has 5 aromatic rings. The van der Waals surface area contributed by atoms with Crippen LogP contribution in [0.4, 0.5) is 39.5 Å². The molecule has 4 aromatic carbocycles. The fourth-order valence-corrected chi connectivity index (χ4v) is 4.95. The van der Waals surface area contributed by atoms with Crippen LogP contribution in [-0.4, -0.2) is 9.97 Å². The Labute approximate surface area is 263 Å². The summed E-state index contributed by atoms with van der Waals surface area (Å²) in [5.41, 5.74) is -1.53. The summed E-state index contributed by atoms with van der Waals surface area (Å²) in [5.74, 6) is -7.06. The molecule has 12 heteroatoms. The lowest BCUT2D eigenvalue weighted by atomic mass is 9.97. The van der Waals surface area contributed by atoms with Gasteiger partial charge in [-0.3, -0.25) is 0 Å². The van der Waals surface area contributed by atoms with Gasteiger partial charge in [0.25, 0.3) is 0 Å². The number of aryl methyl sites for hydroxylation is 1. The van der Waals surface area contributed by atoms with Crippen molar-refractivity contribution in [1.29, 1.82) is 0 Å². The predicted octanol–water partition coefficient (Wildman–Crippen LogP) is 10.9. The smallest absolute Gasteiger partial charge is 0.429 e. The van der Waals surface area contributed by atoms with Gasteiger partial charge in [-0.25, -0.2) is 27.5 Å². The lowest BCUT2D eigenvalue weighted by molar-refractivity contribution is -0.189. The summed E-state index contributed by atoms with van der Waals surface area (Å²) in [6.45, 7) is 2.13. The summed E-state index contributed by atoms with van der Waals surface area (Å²) in [7, 11) is 0. The summed E-state index contributed by atoms with van der Waals surface area (Å²) in [4.78, 5) is 8.84. The Bertz CT molecular complexity index is 1850. The van der Waals surface area contributed by atoms with Gasteiger partial charge < -0.3 is 4.74 Å². The van der Waals surface area contributed by atoms with E-state index in [2.05, 4.69) is 21.6 Å². The number of hydrogen-bond donors (Lipinski definition) is 0. The van der Waals surface area contributed by atoms with E-state index in [4.69, 9.17) is 0 Å². The van der Waals surface area contributed by atoms with E-state index in [1.165, 1.54) is 12.1 Å². The minimum Gasteiger partial charge on any atom is -0.429 e. The molecule has 5 rings (SSSR count). The van der Waals surface area contributed by atoms with E-state index in [0.717, 1.165) is 42.9 Å². The van der Waals surface area contributed by atoms with Crippen LogP contribution in [0.3, 0.4) is 0 Å². The highest BCUT2D eigenvalue weighted by Crippen LogP contribution is 2.39. The number of benzene rings is 4. The Hall–Kier alpha value is -4.87. The van der Waals surface area contributed by atoms with Gasteiger partial charge in [-0.2, -0.15) is 22.0 Å². The molecule has 0 N–H and O–H groups in total. The van der Waals surface area contributed by atoms with Gasteiger partial charge in [0.1, 0.15) is 34.6 Å². The monoisotopic (exact) mass is 660 g/mol. The molecule has 0 fully saturated rings. The van der Waals surface area contributed by atoms with Crippen molar-refractivity contribution in [3.8, 4) is 39.4 Å². The molecule has 0 bridgehead atoms. The van der Waals surface area contributed by atoms with Crippen molar-refractivity contribution in [2.24, 2.45) is 0 Å². The van der Waals surface area contributed by atoms with Gasteiger partial charge in [-0.1, -0.05) is 56.2 Å². The zero-order valence-electron chi connectivity index (χ0n) is 24.6. The van der Waals surface area contributed by atoms with Crippen molar-refractivity contribution >= 4 is 0 Å². The predicted molar refractivity (Wildman–Crippen MR) is 157 cm³/mol. The fraction of sp³-hybridized carbons (Fsp3) is 0.200. The summed E-state index contributed by atoms with van der Waals surface area (Å²) in [6.07, 6.45) is -2.11. The lowest BCUT2D eigenvalue weighted by Gasteiger charge is -2.20. The third-order valence-electron chi connectivity index (χ3n) is 7.36. The first kappa shape index (κ1) is 33.5. The minimum absolute atomic E-state index is 0.0195. The first-order valence-corrected chi connectivity index (χ1v) is 14.4. The fourth-order valence-electron chi connectivity index (χ4n) is 4.95. The van der Waals surface area contributed by atoms with Crippen molar-refractivity contribution in [2.45, 2.75) is 44.9 Å². The number of unbranched alkanes of at least 4 members (excludes halogenated alkanes) is 2. The molecule has 3 nitrogen and oxygen atoms in total. The number of rotatable bonds is 10. The molecule has 0 aliphatic carbocycles. The molecule has 0 aliphatic rings. The molecule has 0 unspecified atom stereocenters. The van der Waals surface area contributed by atoms with Crippen LogP contribution < -0.4 is 4.74 Å². The molecule has 0 spiro atoms. The largest absolute Gasteiger partial charge is 0.432 e. The third-order valence-corrected chi connectivity index (χ3v) is 7.36. The van der Waals surface area contributed by atoms with Gasteiger partial charge in [0.15, 0.2) is 5.82 Å². The number of nitrogens with zero attached hydrogens (tertiary/aromatic N) is 2. The molecule has 47 heavy (non-hydrogen) atoms. The van der Waals surface area contributed by atoms with Gasteiger partial charge >= 0.3 is 12.3 Å². The Morgan fingerprint density at radius 3 is 1.79 bits per heavy atom. The highest BCUT2D eigenvalue weighted by atomic mass is 19.4. The molecule has 244 valence electrons. The van der Waals surface area contributed by atoms with Crippen LogP contribution in [0.1, 0.15) is 42.9 Å². The van der Waals surface area contributed by atoms with Gasteiger partial charge in [-0.15, -0.1) is 0 Å². The summed E-state index contributed by atoms with van der Waals surface area (Å²) >= 11 is 0. The van der Waals surface area contributed by atoms with Crippen molar-refractivity contribution in [3.05, 3.63) is 125 Å². The second kappa shape index (κ2) is 13.5. The van der Waals surface area contributed by atoms with E-state index in [1.807, 2.05) is 0 Å². The van der Waals surface area contributed by atoms with E-state index in [1.54, 1.807) is 36.7 Å². The zero-order chi connectivity index (χ0) is 33.9. The number of alkyl halides is 5. The Morgan fingerprint density at radius 2 is 1.21 bits per heavy atom. The highest BCUT2D eigenvalue weighted by molar-refractivity contribution is 5.73. The first-order valence-electron chi connectivity index (χ1n) is 14.4.